The summed E-state index contributed by atoms with van der Waals surface area (Å²) < 4.78 is 31.1. The number of hydrogen-bond donors (Lipinski definition) is 0. The van der Waals surface area contributed by atoms with E-state index in [1.165, 1.54) is 5.56 Å². The minimum Gasteiger partial charge on any atom is -0.172 e. The number of alkyl halides is 3. The lowest BCUT2D eigenvalue weighted by molar-refractivity contribution is -0.110. The van der Waals surface area contributed by atoms with Crippen LogP contribution in [0.5, 0.6) is 0 Å². The molecule has 1 aromatic carbocycles. The van der Waals surface area contributed by atoms with E-state index in [0.29, 0.717) is 0 Å². The molecule has 0 amide bonds. The molecule has 0 saturated carbocycles. The molecule has 0 bridgehead atoms. The lowest BCUT2D eigenvalue weighted by atomic mass is 10.2. The van der Waals surface area contributed by atoms with Gasteiger partial charge in [0.05, 0.1) is 0 Å². The summed E-state index contributed by atoms with van der Waals surface area (Å²) in [5.41, 5.74) is 1.41. The first-order valence-electron chi connectivity index (χ1n) is 4.04. The van der Waals surface area contributed by atoms with Crippen LogP contribution in [0.15, 0.2) is 30.3 Å². The lowest BCUT2D eigenvalue weighted by Gasteiger charge is -1.89. The van der Waals surface area contributed by atoms with Gasteiger partial charge < -0.3 is 0 Å². The van der Waals surface area contributed by atoms with Gasteiger partial charge in [-0.05, 0) is 12.0 Å². The predicted octanol–water partition coefficient (Wildman–Crippen LogP) is 3.82. The average molecular weight is 190 g/mol. The van der Waals surface area contributed by atoms with Gasteiger partial charge >= 0.3 is 6.18 Å². The minimum absolute atomic E-state index is 0.188. The van der Waals surface area contributed by atoms with Gasteiger partial charge in [0, 0.05) is 6.92 Å². The third kappa shape index (κ3) is 11.0. The van der Waals surface area contributed by atoms with E-state index >= 15 is 0 Å². The van der Waals surface area contributed by atoms with Crippen LogP contribution in [-0.4, -0.2) is 6.18 Å². The van der Waals surface area contributed by atoms with E-state index in [-0.39, 0.29) is 6.92 Å². The van der Waals surface area contributed by atoms with E-state index in [4.69, 9.17) is 0 Å². The summed E-state index contributed by atoms with van der Waals surface area (Å²) in [6.07, 6.45) is -2.86. The van der Waals surface area contributed by atoms with Gasteiger partial charge in [-0.15, -0.1) is 0 Å². The Morgan fingerprint density at radius 1 is 1.08 bits per heavy atom. The van der Waals surface area contributed by atoms with Crippen molar-refractivity contribution in [2.24, 2.45) is 0 Å². The fourth-order valence-corrected chi connectivity index (χ4v) is 0.714. The molecule has 0 spiro atoms. The Bertz CT molecular complexity index is 207. The monoisotopic (exact) mass is 190 g/mol. The first-order valence-corrected chi connectivity index (χ1v) is 4.04. The zero-order valence-corrected chi connectivity index (χ0v) is 7.73. The Balaban J connectivity index is 0.000000252. The van der Waals surface area contributed by atoms with Crippen molar-refractivity contribution in [1.29, 1.82) is 0 Å². The molecule has 1 rings (SSSR count). The highest BCUT2D eigenvalue weighted by atomic mass is 19.4. The van der Waals surface area contributed by atoms with E-state index in [1.807, 2.05) is 6.07 Å². The highest BCUT2D eigenvalue weighted by Gasteiger charge is 2.15. The fraction of sp³-hybridized carbons (Fsp3) is 0.400. The first-order chi connectivity index (χ1) is 5.93. The standard InChI is InChI=1S/C8H10.C2H3F3/c1-2-8-6-4-3-5-7-8;1-2(3,4)5/h3-7H,2H2,1H3;1H3. The topological polar surface area (TPSA) is 0 Å². The van der Waals surface area contributed by atoms with Crippen LogP contribution in [0.1, 0.15) is 19.4 Å². The minimum atomic E-state index is -4.00. The van der Waals surface area contributed by atoms with Crippen molar-refractivity contribution in [1.82, 2.24) is 0 Å². The van der Waals surface area contributed by atoms with Crippen LogP contribution in [0.4, 0.5) is 13.2 Å². The maximum Gasteiger partial charge on any atom is 0.386 e. The molecule has 0 saturated heterocycles. The Hall–Kier alpha value is -0.990. The zero-order valence-electron chi connectivity index (χ0n) is 7.73. The summed E-state index contributed by atoms with van der Waals surface area (Å²) in [4.78, 5) is 0. The maximum atomic E-state index is 10.4. The molecule has 0 aromatic heterocycles. The van der Waals surface area contributed by atoms with Crippen LogP contribution in [0.25, 0.3) is 0 Å². The zero-order chi connectivity index (χ0) is 10.3. The van der Waals surface area contributed by atoms with Gasteiger partial charge in [-0.25, -0.2) is 0 Å². The van der Waals surface area contributed by atoms with Crippen LogP contribution < -0.4 is 0 Å². The SMILES string of the molecule is CC(F)(F)F.CCc1ccccc1. The van der Waals surface area contributed by atoms with Gasteiger partial charge in [-0.3, -0.25) is 0 Å². The molecule has 1 aromatic rings. The molecule has 0 nitrogen and oxygen atoms in total. The van der Waals surface area contributed by atoms with E-state index in [0.717, 1.165) is 6.42 Å². The van der Waals surface area contributed by atoms with Crippen molar-refractivity contribution in [2.75, 3.05) is 0 Å². The molecule has 0 heterocycles. The number of benzene rings is 1. The summed E-state index contributed by atoms with van der Waals surface area (Å²) in [7, 11) is 0. The smallest absolute Gasteiger partial charge is 0.172 e. The molecule has 0 aliphatic rings. The molecule has 0 atom stereocenters. The van der Waals surface area contributed by atoms with Gasteiger partial charge in [-0.1, -0.05) is 37.3 Å². The van der Waals surface area contributed by atoms with Crippen molar-refractivity contribution in [2.45, 2.75) is 26.4 Å². The van der Waals surface area contributed by atoms with E-state index in [2.05, 4.69) is 31.2 Å². The predicted molar refractivity (Wildman–Crippen MR) is 47.5 cm³/mol. The third-order valence-electron chi connectivity index (χ3n) is 1.25. The second-order valence-corrected chi connectivity index (χ2v) is 2.62. The van der Waals surface area contributed by atoms with Crippen LogP contribution in [0.2, 0.25) is 0 Å². The van der Waals surface area contributed by atoms with Gasteiger partial charge in [0.25, 0.3) is 0 Å². The molecule has 74 valence electrons. The van der Waals surface area contributed by atoms with E-state index in [1.54, 1.807) is 0 Å². The Labute approximate surface area is 76.4 Å². The van der Waals surface area contributed by atoms with Crippen LogP contribution in [0, 0.1) is 0 Å². The van der Waals surface area contributed by atoms with Crippen molar-refractivity contribution in [3.8, 4) is 0 Å². The molecule has 0 aliphatic carbocycles. The summed E-state index contributed by atoms with van der Waals surface area (Å²) in [5, 5.41) is 0. The van der Waals surface area contributed by atoms with Gasteiger partial charge in [-0.2, -0.15) is 13.2 Å². The highest BCUT2D eigenvalue weighted by Crippen LogP contribution is 2.10. The quantitative estimate of drug-likeness (QED) is 0.631. The molecule has 0 aliphatic heterocycles. The van der Waals surface area contributed by atoms with Gasteiger partial charge in [0.1, 0.15) is 0 Å². The normalized spacial score (nSPS) is 10.2. The van der Waals surface area contributed by atoms with Crippen molar-refractivity contribution < 1.29 is 13.2 Å². The Kier molecular flexibility index (Phi) is 5.19. The first kappa shape index (κ1) is 12.0. The molecular weight excluding hydrogens is 177 g/mol. The van der Waals surface area contributed by atoms with Crippen molar-refractivity contribution in [3.05, 3.63) is 35.9 Å². The molecule has 0 fully saturated rings. The van der Waals surface area contributed by atoms with Crippen LogP contribution in [-0.2, 0) is 6.42 Å². The maximum absolute atomic E-state index is 10.4. The third-order valence-corrected chi connectivity index (χ3v) is 1.25. The lowest BCUT2D eigenvalue weighted by Crippen LogP contribution is -1.95. The van der Waals surface area contributed by atoms with E-state index in [9.17, 15) is 13.2 Å². The highest BCUT2D eigenvalue weighted by molar-refractivity contribution is 5.13. The molecule has 0 N–H and O–H groups in total. The molecular formula is C10H13F3. The van der Waals surface area contributed by atoms with Gasteiger partial charge in [0.2, 0.25) is 0 Å². The van der Waals surface area contributed by atoms with Crippen LogP contribution in [0.3, 0.4) is 0 Å². The summed E-state index contributed by atoms with van der Waals surface area (Å²) >= 11 is 0. The summed E-state index contributed by atoms with van der Waals surface area (Å²) in [6, 6.07) is 10.5. The number of aryl methyl sites for hydroxylation is 1. The number of halogens is 3. The fourth-order valence-electron chi connectivity index (χ4n) is 0.714. The van der Waals surface area contributed by atoms with E-state index < -0.39 is 6.18 Å². The summed E-state index contributed by atoms with van der Waals surface area (Å²) in [5.74, 6) is 0. The Morgan fingerprint density at radius 2 is 1.46 bits per heavy atom. The number of rotatable bonds is 1. The summed E-state index contributed by atoms with van der Waals surface area (Å²) in [6.45, 7) is 2.35. The van der Waals surface area contributed by atoms with Gasteiger partial charge in [0.15, 0.2) is 0 Å². The Morgan fingerprint density at radius 3 is 1.69 bits per heavy atom. The second kappa shape index (κ2) is 5.62. The van der Waals surface area contributed by atoms with Crippen LogP contribution >= 0.6 is 0 Å². The number of hydrogen-bond acceptors (Lipinski definition) is 0. The molecule has 3 heteroatoms. The molecule has 13 heavy (non-hydrogen) atoms. The second-order valence-electron chi connectivity index (χ2n) is 2.62. The molecule has 0 unspecified atom stereocenters. The van der Waals surface area contributed by atoms with Crippen molar-refractivity contribution in [3.63, 3.8) is 0 Å². The van der Waals surface area contributed by atoms with Crippen molar-refractivity contribution >= 4 is 0 Å². The average Bonchev–Trinajstić information content (AvgIpc) is 2.03. The largest absolute Gasteiger partial charge is 0.386 e. The molecule has 0 radical (unpaired) electrons.